The molecule has 0 heterocycles. The minimum absolute atomic E-state index is 0.0808. The number of carbonyl (C=O) groups is 2. The van der Waals surface area contributed by atoms with Crippen molar-refractivity contribution in [2.24, 2.45) is 98.2 Å². The lowest BCUT2D eigenvalue weighted by Gasteiger charge is -2.65. The summed E-state index contributed by atoms with van der Waals surface area (Å²) in [5.41, 5.74) is 13.1. The van der Waals surface area contributed by atoms with Crippen molar-refractivity contribution in [2.75, 3.05) is 0 Å². The SMILES string of the molecule is CCC1CCC2CC3C4C5CC(CCC6CCCCC7CCC1(C(=O)O)C2(C)C7CC[C@]1(C)[C@H](C5)C61N)[C@@](C)(C(=O)O)CC(N)C[C@H]34. The molecule has 264 valence electrons. The van der Waals surface area contributed by atoms with Crippen molar-refractivity contribution < 1.29 is 19.8 Å². The summed E-state index contributed by atoms with van der Waals surface area (Å²) < 4.78 is 0. The van der Waals surface area contributed by atoms with E-state index in [1.807, 2.05) is 6.92 Å². The first kappa shape index (κ1) is 33.0. The number of nitrogens with two attached hydrogens (primary N) is 2. The largest absolute Gasteiger partial charge is 0.481 e. The van der Waals surface area contributed by atoms with Crippen LogP contribution in [-0.2, 0) is 9.59 Å². The van der Waals surface area contributed by atoms with Gasteiger partial charge in [0.15, 0.2) is 0 Å². The summed E-state index contributed by atoms with van der Waals surface area (Å²) in [6.07, 6.45) is 19.0. The molecule has 0 spiro atoms. The van der Waals surface area contributed by atoms with Crippen molar-refractivity contribution in [1.29, 1.82) is 0 Å². The first-order chi connectivity index (χ1) is 22.3. The average Bonchev–Trinajstić information content (AvgIpc) is 3.80. The molecule has 47 heavy (non-hydrogen) atoms. The second-order valence-electron chi connectivity index (χ2n) is 19.8. The van der Waals surface area contributed by atoms with E-state index in [0.29, 0.717) is 59.7 Å². The summed E-state index contributed by atoms with van der Waals surface area (Å²) in [5, 5.41) is 22.2. The van der Waals surface area contributed by atoms with Gasteiger partial charge in [0, 0.05) is 11.6 Å². The van der Waals surface area contributed by atoms with E-state index in [-0.39, 0.29) is 34.2 Å². The van der Waals surface area contributed by atoms with Crippen LogP contribution in [0, 0.1) is 86.8 Å². The third-order valence-corrected chi connectivity index (χ3v) is 18.9. The molecule has 6 N–H and O–H groups in total. The van der Waals surface area contributed by atoms with E-state index >= 15 is 0 Å². The molecule has 8 saturated carbocycles. The summed E-state index contributed by atoms with van der Waals surface area (Å²) in [6, 6.07) is -0.0949. The Hall–Kier alpha value is -1.14. The third-order valence-electron chi connectivity index (χ3n) is 18.9. The van der Waals surface area contributed by atoms with E-state index in [2.05, 4.69) is 20.8 Å². The normalized spacial score (nSPS) is 58.3. The average molecular weight is 651 g/mol. The summed E-state index contributed by atoms with van der Waals surface area (Å²) in [7, 11) is 0. The highest BCUT2D eigenvalue weighted by atomic mass is 16.4. The van der Waals surface area contributed by atoms with Crippen molar-refractivity contribution in [2.45, 2.75) is 155 Å². The zero-order valence-corrected chi connectivity index (χ0v) is 30.0. The van der Waals surface area contributed by atoms with Gasteiger partial charge in [-0.25, -0.2) is 0 Å². The lowest BCUT2D eigenvalue weighted by atomic mass is 9.37. The Morgan fingerprint density at radius 2 is 1.45 bits per heavy atom. The number of carboxylic acids is 2. The van der Waals surface area contributed by atoms with E-state index in [1.165, 1.54) is 25.7 Å². The zero-order valence-electron chi connectivity index (χ0n) is 30.0. The van der Waals surface area contributed by atoms with Gasteiger partial charge in [0.05, 0.1) is 10.8 Å². The van der Waals surface area contributed by atoms with Crippen molar-refractivity contribution in [3.63, 3.8) is 0 Å². The van der Waals surface area contributed by atoms with Crippen LogP contribution in [0.2, 0.25) is 0 Å². The molecule has 0 aromatic rings. The minimum Gasteiger partial charge on any atom is -0.481 e. The van der Waals surface area contributed by atoms with Gasteiger partial charge >= 0.3 is 11.9 Å². The predicted molar refractivity (Wildman–Crippen MR) is 184 cm³/mol. The maximum absolute atomic E-state index is 13.9. The van der Waals surface area contributed by atoms with Crippen LogP contribution < -0.4 is 11.5 Å². The molecule has 0 saturated heterocycles. The minimum atomic E-state index is -0.792. The number of hydrogen-bond donors (Lipinski definition) is 4. The standard InChI is InChI=1S/C41H66N2O4/c1-5-25-10-13-28-20-30-31-21-29(42)22-37(2,35(44)45)27-12-11-26-9-7-6-8-23-14-17-40(25,36(46)47)39(28,4)32(23)15-16-38(3)33(41(26,38)43)19-24(18-27)34(30)31/h23-34H,5-22,42-43H2,1-4H3,(H,44,45)(H,46,47)/t23?,24?,25?,26?,27?,28?,29?,30?,31-,32?,33+,34?,37+,38-,39?,40?,41?/m1/s1. The van der Waals surface area contributed by atoms with Gasteiger partial charge in [-0.3, -0.25) is 9.59 Å². The van der Waals surface area contributed by atoms with Gasteiger partial charge in [0.2, 0.25) is 0 Å². The molecular weight excluding hydrogens is 584 g/mol. The molecule has 8 aliphatic rings. The van der Waals surface area contributed by atoms with E-state index in [0.717, 1.165) is 83.5 Å². The van der Waals surface area contributed by atoms with Crippen LogP contribution >= 0.6 is 0 Å². The van der Waals surface area contributed by atoms with Gasteiger partial charge < -0.3 is 21.7 Å². The van der Waals surface area contributed by atoms with Gasteiger partial charge in [0.25, 0.3) is 0 Å². The molecule has 6 nitrogen and oxygen atoms in total. The molecule has 0 radical (unpaired) electrons. The molecule has 8 aliphatic carbocycles. The van der Waals surface area contributed by atoms with Gasteiger partial charge in [-0.05, 0) is 173 Å². The Labute approximate surface area is 284 Å². The second-order valence-corrected chi connectivity index (χ2v) is 19.8. The molecule has 0 aromatic heterocycles. The van der Waals surface area contributed by atoms with E-state index < -0.39 is 22.8 Å². The lowest BCUT2D eigenvalue weighted by Crippen LogP contribution is -2.64. The Balaban J connectivity index is 1.31. The highest BCUT2D eigenvalue weighted by Gasteiger charge is 2.76. The molecule has 6 heteroatoms. The highest BCUT2D eigenvalue weighted by Crippen LogP contribution is 2.77. The molecule has 17 atom stereocenters. The Morgan fingerprint density at radius 3 is 2.17 bits per heavy atom. The van der Waals surface area contributed by atoms with Crippen LogP contribution in [0.15, 0.2) is 0 Å². The van der Waals surface area contributed by atoms with Crippen molar-refractivity contribution in [3.8, 4) is 0 Å². The monoisotopic (exact) mass is 651 g/mol. The summed E-state index contributed by atoms with van der Waals surface area (Å²) in [5.74, 6) is 3.88. The van der Waals surface area contributed by atoms with Gasteiger partial charge in [0.1, 0.15) is 0 Å². The van der Waals surface area contributed by atoms with Crippen molar-refractivity contribution in [1.82, 2.24) is 0 Å². The van der Waals surface area contributed by atoms with E-state index in [4.69, 9.17) is 11.5 Å². The number of fused-ring (bicyclic) bond motifs is 3. The van der Waals surface area contributed by atoms with E-state index in [9.17, 15) is 19.8 Å². The fourth-order valence-corrected chi connectivity index (χ4v) is 16.3. The van der Waals surface area contributed by atoms with Crippen LogP contribution in [0.25, 0.3) is 0 Å². The first-order valence-electron chi connectivity index (χ1n) is 20.3. The number of hydrogen-bond acceptors (Lipinski definition) is 4. The number of aliphatic carboxylic acids is 2. The topological polar surface area (TPSA) is 127 Å². The lowest BCUT2D eigenvalue weighted by molar-refractivity contribution is -0.211. The van der Waals surface area contributed by atoms with Crippen molar-refractivity contribution in [3.05, 3.63) is 0 Å². The van der Waals surface area contributed by atoms with Crippen LogP contribution in [0.5, 0.6) is 0 Å². The Kier molecular flexibility index (Phi) is 7.68. The number of carboxylic acid groups (broad SMARTS) is 2. The molecule has 0 aliphatic heterocycles. The van der Waals surface area contributed by atoms with Gasteiger partial charge in [-0.2, -0.15) is 0 Å². The zero-order chi connectivity index (χ0) is 33.3. The predicted octanol–water partition coefficient (Wildman–Crippen LogP) is 8.11. The van der Waals surface area contributed by atoms with Gasteiger partial charge in [-0.1, -0.05) is 46.5 Å². The van der Waals surface area contributed by atoms with Crippen LogP contribution in [-0.4, -0.2) is 33.7 Å². The van der Waals surface area contributed by atoms with Crippen LogP contribution in [0.1, 0.15) is 143 Å². The fraction of sp³-hybridized carbons (Fsp3) is 0.951. The summed E-state index contributed by atoms with van der Waals surface area (Å²) >= 11 is 0. The van der Waals surface area contributed by atoms with Crippen LogP contribution in [0.4, 0.5) is 0 Å². The highest BCUT2D eigenvalue weighted by molar-refractivity contribution is 5.77. The quantitative estimate of drug-likeness (QED) is 0.244. The van der Waals surface area contributed by atoms with Crippen LogP contribution in [0.3, 0.4) is 0 Å². The van der Waals surface area contributed by atoms with E-state index in [1.54, 1.807) is 0 Å². The maximum atomic E-state index is 13.9. The summed E-state index contributed by atoms with van der Waals surface area (Å²) in [6.45, 7) is 9.34. The smallest absolute Gasteiger partial charge is 0.310 e. The first-order valence-corrected chi connectivity index (χ1v) is 20.3. The van der Waals surface area contributed by atoms with Crippen molar-refractivity contribution >= 4 is 11.9 Å². The Morgan fingerprint density at radius 1 is 0.745 bits per heavy atom. The Bertz CT molecular complexity index is 1290. The molecule has 13 unspecified atom stereocenters. The molecule has 0 amide bonds. The molecule has 8 fully saturated rings. The third kappa shape index (κ3) is 4.27. The van der Waals surface area contributed by atoms with Gasteiger partial charge in [-0.15, -0.1) is 0 Å². The molecule has 8 rings (SSSR count). The second kappa shape index (κ2) is 10.9. The molecular formula is C41H66N2O4. The molecule has 0 aromatic carbocycles. The fourth-order valence-electron chi connectivity index (χ4n) is 16.3. The maximum Gasteiger partial charge on any atom is 0.310 e. The molecule has 5 bridgehead atoms. The number of rotatable bonds is 3. The summed E-state index contributed by atoms with van der Waals surface area (Å²) in [4.78, 5) is 27.1.